The van der Waals surface area contributed by atoms with Crippen LogP contribution in [0, 0.1) is 24.7 Å². The molecule has 1 aromatic carbocycles. The van der Waals surface area contributed by atoms with Crippen molar-refractivity contribution >= 4 is 28.7 Å². The lowest BCUT2D eigenvalue weighted by Gasteiger charge is -2.39. The zero-order valence-electron chi connectivity index (χ0n) is 14.7. The number of rotatable bonds is 1. The van der Waals surface area contributed by atoms with Crippen LogP contribution in [0.2, 0.25) is 5.02 Å². The van der Waals surface area contributed by atoms with Gasteiger partial charge in [-0.05, 0) is 51.8 Å². The number of amides is 1. The number of nitrogens with one attached hydrogen (secondary N) is 1. The van der Waals surface area contributed by atoms with E-state index in [4.69, 9.17) is 21.3 Å². The summed E-state index contributed by atoms with van der Waals surface area (Å²) in [6.45, 7) is 8.13. The maximum absolute atomic E-state index is 12.7. The van der Waals surface area contributed by atoms with E-state index in [1.165, 1.54) is 0 Å². The molecular formula is C19H20ClN3O2. The summed E-state index contributed by atoms with van der Waals surface area (Å²) in [5.74, 6) is 7.15. The second-order valence-corrected chi connectivity index (χ2v) is 8.07. The zero-order chi connectivity index (χ0) is 18.0. The molecule has 2 aliphatic rings. The molecule has 4 rings (SSSR count). The highest BCUT2D eigenvalue weighted by Gasteiger charge is 2.57. The Kier molecular flexibility index (Phi) is 3.36. The molecule has 1 amide bonds. The van der Waals surface area contributed by atoms with Crippen LogP contribution in [0.15, 0.2) is 12.1 Å². The average Bonchev–Trinajstić information content (AvgIpc) is 3.02. The number of fused-ring (bicyclic) bond motifs is 2. The van der Waals surface area contributed by atoms with Crippen molar-refractivity contribution in [2.45, 2.75) is 45.3 Å². The molecule has 2 atom stereocenters. The molecule has 1 aliphatic carbocycles. The third kappa shape index (κ3) is 2.31. The number of nitrogens with zero attached hydrogens (tertiary/aromatic N) is 2. The van der Waals surface area contributed by atoms with Crippen molar-refractivity contribution < 1.29 is 9.53 Å². The van der Waals surface area contributed by atoms with Gasteiger partial charge in [-0.15, -0.1) is 0 Å². The minimum absolute atomic E-state index is 0.0800. The van der Waals surface area contributed by atoms with Gasteiger partial charge >= 0.3 is 6.09 Å². The minimum atomic E-state index is -0.722. The number of ether oxygens (including phenoxy) is 1. The molecule has 6 heteroatoms. The predicted octanol–water partition coefficient (Wildman–Crippen LogP) is 3.99. The van der Waals surface area contributed by atoms with Gasteiger partial charge in [0, 0.05) is 11.6 Å². The van der Waals surface area contributed by atoms with E-state index in [0.29, 0.717) is 17.4 Å². The zero-order valence-corrected chi connectivity index (χ0v) is 15.5. The first-order valence-electron chi connectivity index (χ1n) is 8.41. The summed E-state index contributed by atoms with van der Waals surface area (Å²) in [4.78, 5) is 22.6. The second kappa shape index (κ2) is 5.15. The van der Waals surface area contributed by atoms with Crippen molar-refractivity contribution in [1.29, 1.82) is 0 Å². The van der Waals surface area contributed by atoms with Gasteiger partial charge < -0.3 is 9.72 Å². The molecule has 1 N–H and O–H groups in total. The van der Waals surface area contributed by atoms with Gasteiger partial charge in [-0.2, -0.15) is 0 Å². The molecule has 2 aromatic rings. The first kappa shape index (κ1) is 16.3. The van der Waals surface area contributed by atoms with Crippen LogP contribution in [0.4, 0.5) is 4.79 Å². The number of carbonyl (C=O) groups excluding carboxylic acids is 1. The summed E-state index contributed by atoms with van der Waals surface area (Å²) < 4.78 is 5.59. The average molecular weight is 358 g/mol. The number of aromatic amines is 1. The maximum atomic E-state index is 12.7. The topological polar surface area (TPSA) is 58.2 Å². The van der Waals surface area contributed by atoms with Crippen molar-refractivity contribution in [3.05, 3.63) is 28.5 Å². The molecule has 1 aromatic heterocycles. The number of H-pyrrole nitrogens is 1. The van der Waals surface area contributed by atoms with E-state index in [2.05, 4.69) is 16.8 Å². The van der Waals surface area contributed by atoms with Gasteiger partial charge in [-0.1, -0.05) is 23.4 Å². The largest absolute Gasteiger partial charge is 0.444 e. The highest BCUT2D eigenvalue weighted by Crippen LogP contribution is 2.47. The SMILES string of the molecule is Cc1c(Cl)ccc2[nH]c([C@]34C#C[C@H]3CCN4C(=O)OC(C)(C)C)nc12. The standard InChI is InChI=1S/C19H20ClN3O2/c1-11-13(20)5-6-14-15(11)22-16(21-14)19-9-7-12(19)8-10-23(19)17(24)25-18(2,3)4/h5-6,12H,8,10H2,1-4H3,(H,21,22)/t12-,19-/m0/s1. The number of hydrogen-bond donors (Lipinski definition) is 1. The first-order chi connectivity index (χ1) is 11.7. The van der Waals surface area contributed by atoms with Crippen molar-refractivity contribution in [1.82, 2.24) is 14.9 Å². The van der Waals surface area contributed by atoms with Crippen LogP contribution >= 0.6 is 11.6 Å². The van der Waals surface area contributed by atoms with E-state index in [1.54, 1.807) is 4.90 Å². The van der Waals surface area contributed by atoms with Gasteiger partial charge in [0.05, 0.1) is 17.0 Å². The molecule has 0 unspecified atom stereocenters. The summed E-state index contributed by atoms with van der Waals surface area (Å²) >= 11 is 6.22. The van der Waals surface area contributed by atoms with Gasteiger partial charge in [0.15, 0.2) is 5.54 Å². The van der Waals surface area contributed by atoms with Gasteiger partial charge in [0.25, 0.3) is 0 Å². The highest BCUT2D eigenvalue weighted by molar-refractivity contribution is 6.32. The van der Waals surface area contributed by atoms with Crippen molar-refractivity contribution in [3.63, 3.8) is 0 Å². The Hall–Kier alpha value is -2.19. The lowest BCUT2D eigenvalue weighted by Crippen LogP contribution is -2.52. The lowest BCUT2D eigenvalue weighted by molar-refractivity contribution is 0.0108. The third-order valence-electron chi connectivity index (χ3n) is 4.82. The summed E-state index contributed by atoms with van der Waals surface area (Å²) in [5.41, 5.74) is 1.37. The minimum Gasteiger partial charge on any atom is -0.444 e. The third-order valence-corrected chi connectivity index (χ3v) is 5.23. The second-order valence-electron chi connectivity index (χ2n) is 7.66. The van der Waals surface area contributed by atoms with Crippen LogP contribution < -0.4 is 0 Å². The number of carbonyl (C=O) groups is 1. The summed E-state index contributed by atoms with van der Waals surface area (Å²) in [7, 11) is 0. The van der Waals surface area contributed by atoms with Gasteiger partial charge in [0.2, 0.25) is 0 Å². The summed E-state index contributed by atoms with van der Waals surface area (Å²) in [6, 6.07) is 3.76. The van der Waals surface area contributed by atoms with E-state index in [0.717, 1.165) is 23.0 Å². The normalized spacial score (nSPS) is 24.5. The smallest absolute Gasteiger partial charge is 0.411 e. The number of benzene rings is 1. The molecule has 0 saturated carbocycles. The van der Waals surface area contributed by atoms with Crippen LogP contribution in [0.1, 0.15) is 38.6 Å². The van der Waals surface area contributed by atoms with Crippen molar-refractivity contribution in [2.75, 3.05) is 6.54 Å². The number of halogens is 1. The van der Waals surface area contributed by atoms with Crippen LogP contribution in [0.5, 0.6) is 0 Å². The Balaban J connectivity index is 1.79. The summed E-state index contributed by atoms with van der Waals surface area (Å²) in [6.07, 6.45) is 0.474. The Bertz CT molecular complexity index is 947. The van der Waals surface area contributed by atoms with Gasteiger partial charge in [0.1, 0.15) is 11.4 Å². The molecule has 1 aliphatic heterocycles. The van der Waals surface area contributed by atoms with E-state index in [-0.39, 0.29) is 12.0 Å². The number of hydrogen-bond acceptors (Lipinski definition) is 3. The molecule has 130 valence electrons. The van der Waals surface area contributed by atoms with E-state index >= 15 is 0 Å². The summed E-state index contributed by atoms with van der Waals surface area (Å²) in [5, 5.41) is 0.676. The van der Waals surface area contributed by atoms with Crippen LogP contribution in [-0.4, -0.2) is 33.1 Å². The van der Waals surface area contributed by atoms with Crippen molar-refractivity contribution in [3.8, 4) is 11.8 Å². The number of imidazole rings is 1. The van der Waals surface area contributed by atoms with Gasteiger partial charge in [-0.3, -0.25) is 4.90 Å². The quantitative estimate of drug-likeness (QED) is 0.785. The number of likely N-dealkylation sites (tertiary alicyclic amines) is 1. The van der Waals surface area contributed by atoms with E-state index < -0.39 is 11.1 Å². The Morgan fingerprint density at radius 1 is 1.48 bits per heavy atom. The van der Waals surface area contributed by atoms with Crippen LogP contribution in [0.25, 0.3) is 11.0 Å². The van der Waals surface area contributed by atoms with Gasteiger partial charge in [-0.25, -0.2) is 9.78 Å². The predicted molar refractivity (Wildman–Crippen MR) is 96.3 cm³/mol. The molecule has 5 nitrogen and oxygen atoms in total. The Morgan fingerprint density at radius 3 is 2.88 bits per heavy atom. The molecule has 0 spiro atoms. The fourth-order valence-electron chi connectivity index (χ4n) is 3.55. The molecular weight excluding hydrogens is 338 g/mol. The first-order valence-corrected chi connectivity index (χ1v) is 8.79. The fraction of sp³-hybridized carbons (Fsp3) is 0.474. The molecule has 2 heterocycles. The monoisotopic (exact) mass is 357 g/mol. The van der Waals surface area contributed by atoms with Crippen LogP contribution in [-0.2, 0) is 10.3 Å². The van der Waals surface area contributed by atoms with Crippen molar-refractivity contribution in [2.24, 2.45) is 5.92 Å². The molecule has 1 saturated heterocycles. The van der Waals surface area contributed by atoms with Crippen LogP contribution in [0.3, 0.4) is 0 Å². The molecule has 25 heavy (non-hydrogen) atoms. The Morgan fingerprint density at radius 2 is 2.24 bits per heavy atom. The Labute approximate surface area is 151 Å². The van der Waals surface area contributed by atoms with E-state index in [9.17, 15) is 4.79 Å². The number of aryl methyl sites for hydroxylation is 1. The number of aromatic nitrogens is 2. The lowest BCUT2D eigenvalue weighted by atomic mass is 9.77. The molecule has 0 radical (unpaired) electrons. The molecule has 0 bridgehead atoms. The molecule has 1 fully saturated rings. The highest BCUT2D eigenvalue weighted by atomic mass is 35.5. The maximum Gasteiger partial charge on any atom is 0.411 e. The van der Waals surface area contributed by atoms with E-state index in [1.807, 2.05) is 39.8 Å². The fourth-order valence-corrected chi connectivity index (χ4v) is 3.71.